The van der Waals surface area contributed by atoms with Gasteiger partial charge in [0.25, 0.3) is 0 Å². The van der Waals surface area contributed by atoms with Crippen molar-refractivity contribution in [1.82, 2.24) is 15.1 Å². The number of nitrogens with one attached hydrogen (secondary N) is 2. The number of carbonyl (C=O) groups excluding carboxylic acids is 1. The highest BCUT2D eigenvalue weighted by molar-refractivity contribution is 5.88. The fraction of sp³-hybridized carbons (Fsp3) is 0.238. The number of fused-ring (bicyclic) bond motifs is 1. The number of rotatable bonds is 4. The smallest absolute Gasteiger partial charge is 0.320 e. The number of anilines is 1. The van der Waals surface area contributed by atoms with E-state index in [1.165, 1.54) is 16.7 Å². The van der Waals surface area contributed by atoms with Crippen LogP contribution in [0.25, 0.3) is 0 Å². The molecule has 0 bridgehead atoms. The molecule has 1 unspecified atom stereocenters. The first kappa shape index (κ1) is 16.4. The fourth-order valence-electron chi connectivity index (χ4n) is 3.50. The molecule has 1 aromatic heterocycles. The lowest BCUT2D eigenvalue weighted by molar-refractivity contribution is 0.247. The van der Waals surface area contributed by atoms with Gasteiger partial charge in [-0.1, -0.05) is 54.6 Å². The van der Waals surface area contributed by atoms with Gasteiger partial charge in [-0.25, -0.2) is 4.79 Å². The Kier molecular flexibility index (Phi) is 4.69. The molecule has 0 aliphatic heterocycles. The highest BCUT2D eigenvalue weighted by Gasteiger charge is 2.21. The Morgan fingerprint density at radius 3 is 2.77 bits per heavy atom. The number of urea groups is 1. The molecule has 5 nitrogen and oxygen atoms in total. The van der Waals surface area contributed by atoms with E-state index >= 15 is 0 Å². The van der Waals surface area contributed by atoms with Gasteiger partial charge < -0.3 is 5.32 Å². The summed E-state index contributed by atoms with van der Waals surface area (Å²) >= 11 is 0. The summed E-state index contributed by atoms with van der Waals surface area (Å²) in [5.74, 6) is 0.558. The molecule has 26 heavy (non-hydrogen) atoms. The average Bonchev–Trinajstić information content (AvgIpc) is 3.09. The van der Waals surface area contributed by atoms with Gasteiger partial charge in [-0.15, -0.1) is 0 Å². The number of hydrogen-bond donors (Lipinski definition) is 2. The van der Waals surface area contributed by atoms with Gasteiger partial charge in [0, 0.05) is 12.3 Å². The van der Waals surface area contributed by atoms with Crippen LogP contribution in [0.4, 0.5) is 10.6 Å². The van der Waals surface area contributed by atoms with Crippen molar-refractivity contribution in [2.75, 3.05) is 5.32 Å². The third-order valence-corrected chi connectivity index (χ3v) is 4.74. The summed E-state index contributed by atoms with van der Waals surface area (Å²) in [7, 11) is 0. The van der Waals surface area contributed by atoms with Crippen LogP contribution < -0.4 is 10.6 Å². The molecule has 1 atom stereocenters. The van der Waals surface area contributed by atoms with Gasteiger partial charge >= 0.3 is 6.03 Å². The van der Waals surface area contributed by atoms with E-state index in [-0.39, 0.29) is 12.1 Å². The van der Waals surface area contributed by atoms with Gasteiger partial charge in [-0.2, -0.15) is 5.10 Å². The molecule has 2 aromatic carbocycles. The first-order chi connectivity index (χ1) is 12.8. The topological polar surface area (TPSA) is 59.0 Å². The lowest BCUT2D eigenvalue weighted by Gasteiger charge is -2.26. The maximum Gasteiger partial charge on any atom is 0.320 e. The van der Waals surface area contributed by atoms with Gasteiger partial charge in [0.2, 0.25) is 0 Å². The highest BCUT2D eigenvalue weighted by Crippen LogP contribution is 2.29. The summed E-state index contributed by atoms with van der Waals surface area (Å²) in [6, 6.07) is 20.1. The van der Waals surface area contributed by atoms with E-state index < -0.39 is 0 Å². The molecule has 0 radical (unpaired) electrons. The monoisotopic (exact) mass is 346 g/mol. The molecule has 1 heterocycles. The Bertz CT molecular complexity index is 888. The SMILES string of the molecule is O=C(Nc1ccn(Cc2ccccc2)n1)NC1CCCc2ccccc21. The van der Waals surface area contributed by atoms with Crippen LogP contribution >= 0.6 is 0 Å². The first-order valence-electron chi connectivity index (χ1n) is 9.00. The minimum atomic E-state index is -0.211. The Labute approximate surface area is 153 Å². The van der Waals surface area contributed by atoms with Gasteiger partial charge in [0.05, 0.1) is 12.6 Å². The highest BCUT2D eigenvalue weighted by atomic mass is 16.2. The predicted octanol–water partition coefficient (Wildman–Crippen LogP) is 4.13. The van der Waals surface area contributed by atoms with Crippen LogP contribution in [0, 0.1) is 0 Å². The van der Waals surface area contributed by atoms with Crippen molar-refractivity contribution in [1.29, 1.82) is 0 Å². The fourth-order valence-corrected chi connectivity index (χ4v) is 3.50. The van der Waals surface area contributed by atoms with Crippen LogP contribution in [-0.4, -0.2) is 15.8 Å². The van der Waals surface area contributed by atoms with E-state index in [4.69, 9.17) is 0 Å². The van der Waals surface area contributed by atoms with Crippen molar-refractivity contribution in [3.63, 3.8) is 0 Å². The summed E-state index contributed by atoms with van der Waals surface area (Å²) in [5.41, 5.74) is 3.73. The Balaban J connectivity index is 1.37. The van der Waals surface area contributed by atoms with Crippen molar-refractivity contribution < 1.29 is 4.79 Å². The first-order valence-corrected chi connectivity index (χ1v) is 9.00. The Morgan fingerprint density at radius 2 is 1.88 bits per heavy atom. The van der Waals surface area contributed by atoms with Crippen molar-refractivity contribution in [3.05, 3.63) is 83.6 Å². The molecular weight excluding hydrogens is 324 g/mol. The molecule has 3 aromatic rings. The molecule has 0 fully saturated rings. The lowest BCUT2D eigenvalue weighted by atomic mass is 9.88. The zero-order chi connectivity index (χ0) is 17.8. The number of aromatic nitrogens is 2. The quantitative estimate of drug-likeness (QED) is 0.746. The number of amides is 2. The molecule has 4 rings (SSSR count). The van der Waals surface area contributed by atoms with Crippen LogP contribution in [0.5, 0.6) is 0 Å². The van der Waals surface area contributed by atoms with E-state index in [0.717, 1.165) is 19.3 Å². The summed E-state index contributed by atoms with van der Waals surface area (Å²) in [5, 5.41) is 10.4. The summed E-state index contributed by atoms with van der Waals surface area (Å²) in [4.78, 5) is 12.4. The second kappa shape index (κ2) is 7.44. The Morgan fingerprint density at radius 1 is 1.08 bits per heavy atom. The molecule has 1 aliphatic rings. The number of hydrogen-bond acceptors (Lipinski definition) is 2. The maximum atomic E-state index is 12.4. The van der Waals surface area contributed by atoms with E-state index in [2.05, 4.69) is 46.1 Å². The average molecular weight is 346 g/mol. The van der Waals surface area contributed by atoms with Crippen molar-refractivity contribution >= 4 is 11.8 Å². The third kappa shape index (κ3) is 3.77. The van der Waals surface area contributed by atoms with Crippen LogP contribution in [-0.2, 0) is 13.0 Å². The van der Waals surface area contributed by atoms with E-state index in [1.807, 2.05) is 41.2 Å². The van der Waals surface area contributed by atoms with Crippen molar-refractivity contribution in [2.45, 2.75) is 31.8 Å². The summed E-state index contributed by atoms with van der Waals surface area (Å²) in [6.45, 7) is 0.681. The molecular formula is C21H22N4O. The van der Waals surface area contributed by atoms with Crippen LogP contribution in [0.1, 0.15) is 35.6 Å². The molecule has 2 N–H and O–H groups in total. The van der Waals surface area contributed by atoms with Crippen molar-refractivity contribution in [2.24, 2.45) is 0 Å². The zero-order valence-electron chi connectivity index (χ0n) is 14.6. The second-order valence-electron chi connectivity index (χ2n) is 6.63. The van der Waals surface area contributed by atoms with Gasteiger partial charge in [0.15, 0.2) is 5.82 Å². The normalized spacial score (nSPS) is 15.9. The standard InChI is InChI=1S/C21H22N4O/c26-21(22-19-12-6-10-17-9-4-5-11-18(17)19)23-20-13-14-25(24-20)15-16-7-2-1-3-8-16/h1-5,7-9,11,13-14,19H,6,10,12,15H2,(H2,22,23,24,26). The molecule has 132 valence electrons. The Hall–Kier alpha value is -3.08. The minimum Gasteiger partial charge on any atom is -0.331 e. The number of aryl methyl sites for hydroxylation is 1. The maximum absolute atomic E-state index is 12.4. The largest absolute Gasteiger partial charge is 0.331 e. The van der Waals surface area contributed by atoms with Crippen LogP contribution in [0.3, 0.4) is 0 Å². The van der Waals surface area contributed by atoms with E-state index in [9.17, 15) is 4.79 Å². The summed E-state index contributed by atoms with van der Waals surface area (Å²) < 4.78 is 1.82. The third-order valence-electron chi connectivity index (χ3n) is 4.74. The van der Waals surface area contributed by atoms with Crippen LogP contribution in [0.2, 0.25) is 0 Å². The molecule has 5 heteroatoms. The number of nitrogens with zero attached hydrogens (tertiary/aromatic N) is 2. The van der Waals surface area contributed by atoms with E-state index in [0.29, 0.717) is 12.4 Å². The lowest BCUT2D eigenvalue weighted by Crippen LogP contribution is -2.34. The molecule has 0 saturated carbocycles. The van der Waals surface area contributed by atoms with Crippen LogP contribution in [0.15, 0.2) is 66.9 Å². The predicted molar refractivity (Wildman–Crippen MR) is 102 cm³/mol. The zero-order valence-corrected chi connectivity index (χ0v) is 14.6. The number of benzene rings is 2. The molecule has 0 spiro atoms. The molecule has 2 amide bonds. The number of carbonyl (C=O) groups is 1. The molecule has 0 saturated heterocycles. The van der Waals surface area contributed by atoms with Gasteiger partial charge in [-0.3, -0.25) is 10.00 Å². The molecule has 1 aliphatic carbocycles. The van der Waals surface area contributed by atoms with Gasteiger partial charge in [0.1, 0.15) is 0 Å². The minimum absolute atomic E-state index is 0.0614. The van der Waals surface area contributed by atoms with Gasteiger partial charge in [-0.05, 0) is 36.0 Å². The van der Waals surface area contributed by atoms with Crippen molar-refractivity contribution in [3.8, 4) is 0 Å². The van der Waals surface area contributed by atoms with E-state index in [1.54, 1.807) is 0 Å². The summed E-state index contributed by atoms with van der Waals surface area (Å²) in [6.07, 6.45) is 5.01. The second-order valence-corrected chi connectivity index (χ2v) is 6.63.